The van der Waals surface area contributed by atoms with Crippen molar-refractivity contribution in [3.05, 3.63) is 29.0 Å². The fraction of sp³-hybridized carbons (Fsp3) is 0.250. The van der Waals surface area contributed by atoms with Gasteiger partial charge in [-0.15, -0.1) is 0 Å². The van der Waals surface area contributed by atoms with E-state index in [0.717, 1.165) is 5.56 Å². The molecule has 1 aromatic heterocycles. The summed E-state index contributed by atoms with van der Waals surface area (Å²) >= 11 is 10.9. The highest BCUT2D eigenvalue weighted by Crippen LogP contribution is 2.13. The van der Waals surface area contributed by atoms with Gasteiger partial charge in [-0.2, -0.15) is 0 Å². The lowest BCUT2D eigenvalue weighted by molar-refractivity contribution is -0.111. The molecule has 0 aliphatic rings. The molecule has 0 saturated heterocycles. The lowest BCUT2D eigenvalue weighted by Crippen LogP contribution is -1.93. The van der Waals surface area contributed by atoms with Gasteiger partial charge < -0.3 is 0 Å². The van der Waals surface area contributed by atoms with Crippen LogP contribution in [0.1, 0.15) is 12.0 Å². The lowest BCUT2D eigenvalue weighted by Gasteiger charge is -1.98. The summed E-state index contributed by atoms with van der Waals surface area (Å²) in [5.74, 6) is 0. The van der Waals surface area contributed by atoms with Gasteiger partial charge in [0.1, 0.15) is 5.15 Å². The maximum atomic E-state index is 10.4. The monoisotopic (exact) mass is 203 g/mol. The zero-order valence-corrected chi connectivity index (χ0v) is 7.77. The Labute approximate surface area is 80.5 Å². The third-order valence-electron chi connectivity index (χ3n) is 1.43. The summed E-state index contributed by atoms with van der Waals surface area (Å²) in [5.41, 5.74) is 0.855. The fourth-order valence-corrected chi connectivity index (χ4v) is 1.15. The number of rotatable bonds is 3. The SMILES string of the molecule is O=C(Cl)CCc1cccnc1Cl. The normalized spacial score (nSPS) is 9.83. The van der Waals surface area contributed by atoms with Crippen LogP contribution in [0.25, 0.3) is 0 Å². The molecule has 0 atom stereocenters. The first kappa shape index (κ1) is 9.49. The Morgan fingerprint density at radius 3 is 2.92 bits per heavy atom. The second-order valence-corrected chi connectivity index (χ2v) is 3.09. The number of pyridine rings is 1. The first-order valence-corrected chi connectivity index (χ1v) is 4.23. The topological polar surface area (TPSA) is 30.0 Å². The minimum absolute atomic E-state index is 0.299. The Kier molecular flexibility index (Phi) is 3.50. The predicted molar refractivity (Wildman–Crippen MR) is 48.4 cm³/mol. The summed E-state index contributed by atoms with van der Waals surface area (Å²) in [6.45, 7) is 0. The van der Waals surface area contributed by atoms with Crippen molar-refractivity contribution in [3.63, 3.8) is 0 Å². The predicted octanol–water partition coefficient (Wildman–Crippen LogP) is 2.43. The van der Waals surface area contributed by atoms with E-state index in [-0.39, 0.29) is 5.24 Å². The van der Waals surface area contributed by atoms with Crippen LogP contribution in [0.5, 0.6) is 0 Å². The van der Waals surface area contributed by atoms with E-state index >= 15 is 0 Å². The molecule has 1 heterocycles. The third kappa shape index (κ3) is 2.80. The molecule has 0 aromatic carbocycles. The highest BCUT2D eigenvalue weighted by atomic mass is 35.5. The molecule has 0 bridgehead atoms. The summed E-state index contributed by atoms with van der Waals surface area (Å²) in [7, 11) is 0. The molecule has 0 amide bonds. The van der Waals surface area contributed by atoms with Crippen molar-refractivity contribution < 1.29 is 4.79 Å². The van der Waals surface area contributed by atoms with Gasteiger partial charge in [-0.05, 0) is 29.7 Å². The number of carbonyl (C=O) groups excluding carboxylic acids is 1. The average molecular weight is 204 g/mol. The molecule has 0 spiro atoms. The van der Waals surface area contributed by atoms with Gasteiger partial charge in [-0.25, -0.2) is 4.98 Å². The van der Waals surface area contributed by atoms with Gasteiger partial charge in [0, 0.05) is 12.6 Å². The van der Waals surface area contributed by atoms with E-state index in [2.05, 4.69) is 4.98 Å². The molecule has 0 fully saturated rings. The molecule has 2 nitrogen and oxygen atoms in total. The maximum Gasteiger partial charge on any atom is 0.221 e. The van der Waals surface area contributed by atoms with E-state index in [0.29, 0.717) is 18.0 Å². The van der Waals surface area contributed by atoms with E-state index in [1.807, 2.05) is 6.07 Å². The molecule has 0 aliphatic heterocycles. The molecule has 12 heavy (non-hydrogen) atoms. The Morgan fingerprint density at radius 2 is 2.33 bits per heavy atom. The summed E-state index contributed by atoms with van der Waals surface area (Å²) in [6.07, 6.45) is 2.45. The molecule has 0 aliphatic carbocycles. The summed E-state index contributed by atoms with van der Waals surface area (Å²) in [6, 6.07) is 3.61. The minimum Gasteiger partial charge on any atom is -0.281 e. The van der Waals surface area contributed by atoms with Crippen LogP contribution in [-0.2, 0) is 11.2 Å². The van der Waals surface area contributed by atoms with Crippen LogP contribution in [0.2, 0.25) is 5.15 Å². The standard InChI is InChI=1S/C8H7Cl2NO/c9-7(12)4-3-6-2-1-5-11-8(6)10/h1-2,5H,3-4H2. The summed E-state index contributed by atoms with van der Waals surface area (Å²) < 4.78 is 0. The Balaban J connectivity index is 2.63. The Hall–Kier alpha value is -0.600. The number of hydrogen-bond acceptors (Lipinski definition) is 2. The highest BCUT2D eigenvalue weighted by Gasteiger charge is 2.02. The van der Waals surface area contributed by atoms with Gasteiger partial charge in [-0.1, -0.05) is 17.7 Å². The highest BCUT2D eigenvalue weighted by molar-refractivity contribution is 6.63. The molecule has 0 radical (unpaired) electrons. The van der Waals surface area contributed by atoms with Crippen molar-refractivity contribution >= 4 is 28.4 Å². The van der Waals surface area contributed by atoms with Crippen molar-refractivity contribution in [2.45, 2.75) is 12.8 Å². The van der Waals surface area contributed by atoms with Gasteiger partial charge in [0.25, 0.3) is 0 Å². The first-order valence-electron chi connectivity index (χ1n) is 3.48. The molecular formula is C8H7Cl2NO. The molecule has 4 heteroatoms. The second kappa shape index (κ2) is 4.43. The average Bonchev–Trinajstić information content (AvgIpc) is 2.03. The molecule has 1 aromatic rings. The van der Waals surface area contributed by atoms with Crippen molar-refractivity contribution in [2.75, 3.05) is 0 Å². The van der Waals surface area contributed by atoms with Crippen molar-refractivity contribution in [3.8, 4) is 0 Å². The van der Waals surface area contributed by atoms with Gasteiger partial charge in [0.05, 0.1) is 0 Å². The number of halogens is 2. The lowest BCUT2D eigenvalue weighted by atomic mass is 10.2. The van der Waals surface area contributed by atoms with E-state index in [4.69, 9.17) is 23.2 Å². The zero-order chi connectivity index (χ0) is 8.97. The van der Waals surface area contributed by atoms with Gasteiger partial charge in [0.2, 0.25) is 5.24 Å². The van der Waals surface area contributed by atoms with E-state index in [1.54, 1.807) is 12.3 Å². The Bertz CT molecular complexity index is 288. The smallest absolute Gasteiger partial charge is 0.221 e. The molecular weight excluding hydrogens is 197 g/mol. The maximum absolute atomic E-state index is 10.4. The second-order valence-electron chi connectivity index (χ2n) is 2.31. The summed E-state index contributed by atoms with van der Waals surface area (Å²) in [4.78, 5) is 14.3. The number of hydrogen-bond donors (Lipinski definition) is 0. The van der Waals surface area contributed by atoms with Crippen LogP contribution >= 0.6 is 23.2 Å². The quantitative estimate of drug-likeness (QED) is 0.559. The minimum atomic E-state index is -0.352. The van der Waals surface area contributed by atoms with Crippen LogP contribution in [0.15, 0.2) is 18.3 Å². The largest absolute Gasteiger partial charge is 0.281 e. The zero-order valence-electron chi connectivity index (χ0n) is 6.26. The van der Waals surface area contributed by atoms with Gasteiger partial charge in [-0.3, -0.25) is 4.79 Å². The van der Waals surface area contributed by atoms with E-state index < -0.39 is 0 Å². The van der Waals surface area contributed by atoms with E-state index in [9.17, 15) is 4.79 Å². The molecule has 0 saturated carbocycles. The summed E-state index contributed by atoms with van der Waals surface area (Å²) in [5, 5.41) is 0.0883. The van der Waals surface area contributed by atoms with Crippen molar-refractivity contribution in [2.24, 2.45) is 0 Å². The van der Waals surface area contributed by atoms with Crippen molar-refractivity contribution in [1.29, 1.82) is 0 Å². The number of aryl methyl sites for hydroxylation is 1. The third-order valence-corrected chi connectivity index (χ3v) is 1.96. The van der Waals surface area contributed by atoms with Crippen LogP contribution in [0.4, 0.5) is 0 Å². The van der Waals surface area contributed by atoms with Crippen LogP contribution in [0, 0.1) is 0 Å². The fourth-order valence-electron chi connectivity index (χ4n) is 0.839. The van der Waals surface area contributed by atoms with Crippen LogP contribution < -0.4 is 0 Å². The molecule has 0 unspecified atom stereocenters. The number of carbonyl (C=O) groups is 1. The van der Waals surface area contributed by atoms with Gasteiger partial charge in [0.15, 0.2) is 0 Å². The number of nitrogens with zero attached hydrogens (tertiary/aromatic N) is 1. The van der Waals surface area contributed by atoms with E-state index in [1.165, 1.54) is 0 Å². The van der Waals surface area contributed by atoms with Crippen LogP contribution in [-0.4, -0.2) is 10.2 Å². The number of aromatic nitrogens is 1. The molecule has 1 rings (SSSR count). The Morgan fingerprint density at radius 1 is 1.58 bits per heavy atom. The molecule has 64 valence electrons. The van der Waals surface area contributed by atoms with Crippen molar-refractivity contribution in [1.82, 2.24) is 4.98 Å². The van der Waals surface area contributed by atoms with Crippen LogP contribution in [0.3, 0.4) is 0 Å². The van der Waals surface area contributed by atoms with Gasteiger partial charge >= 0.3 is 0 Å². The molecule has 0 N–H and O–H groups in total. The first-order chi connectivity index (χ1) is 5.70.